The molecule has 156 valence electrons. The Morgan fingerprint density at radius 2 is 1.62 bits per heavy atom. The summed E-state index contributed by atoms with van der Waals surface area (Å²) in [5.41, 5.74) is 2.29. The zero-order chi connectivity index (χ0) is 20.9. The van der Waals surface area contributed by atoms with Crippen molar-refractivity contribution in [1.82, 2.24) is 15.5 Å². The van der Waals surface area contributed by atoms with Crippen LogP contribution >= 0.6 is 0 Å². The second-order valence-corrected chi connectivity index (χ2v) is 7.28. The SMILES string of the molecule is CC(CNC(=NCc1ccccc1)NCC(=O)N(C)C)COCc1ccccc1. The van der Waals surface area contributed by atoms with Crippen LogP contribution in [0.5, 0.6) is 0 Å². The van der Waals surface area contributed by atoms with Gasteiger partial charge in [0.05, 0.1) is 26.3 Å². The van der Waals surface area contributed by atoms with Crippen molar-refractivity contribution < 1.29 is 9.53 Å². The summed E-state index contributed by atoms with van der Waals surface area (Å²) in [5.74, 6) is 0.921. The topological polar surface area (TPSA) is 66.0 Å². The van der Waals surface area contributed by atoms with Gasteiger partial charge in [0.15, 0.2) is 5.96 Å². The largest absolute Gasteiger partial charge is 0.376 e. The van der Waals surface area contributed by atoms with Gasteiger partial charge in [0.2, 0.25) is 5.91 Å². The van der Waals surface area contributed by atoms with Crippen molar-refractivity contribution in [2.45, 2.75) is 20.1 Å². The smallest absolute Gasteiger partial charge is 0.241 e. The van der Waals surface area contributed by atoms with E-state index in [1.54, 1.807) is 19.0 Å². The van der Waals surface area contributed by atoms with Gasteiger partial charge in [-0.15, -0.1) is 0 Å². The van der Waals surface area contributed by atoms with Crippen LogP contribution < -0.4 is 10.6 Å². The van der Waals surface area contributed by atoms with Crippen LogP contribution in [0.2, 0.25) is 0 Å². The maximum atomic E-state index is 11.9. The van der Waals surface area contributed by atoms with Crippen molar-refractivity contribution in [2.75, 3.05) is 33.8 Å². The third-order valence-electron chi connectivity index (χ3n) is 4.30. The molecule has 0 aromatic heterocycles. The van der Waals surface area contributed by atoms with E-state index in [0.29, 0.717) is 38.2 Å². The molecule has 0 bridgehead atoms. The van der Waals surface area contributed by atoms with Crippen molar-refractivity contribution in [3.63, 3.8) is 0 Å². The zero-order valence-corrected chi connectivity index (χ0v) is 17.6. The Kier molecular flexibility index (Phi) is 9.72. The molecule has 0 aliphatic carbocycles. The van der Waals surface area contributed by atoms with Gasteiger partial charge in [-0.3, -0.25) is 4.79 Å². The number of hydrogen-bond donors (Lipinski definition) is 2. The van der Waals surface area contributed by atoms with Gasteiger partial charge in [-0.25, -0.2) is 4.99 Å². The number of carbonyl (C=O) groups is 1. The number of rotatable bonds is 10. The van der Waals surface area contributed by atoms with E-state index in [9.17, 15) is 4.79 Å². The van der Waals surface area contributed by atoms with Gasteiger partial charge in [0, 0.05) is 20.6 Å². The number of likely N-dealkylation sites (N-methyl/N-ethyl adjacent to an activating group) is 1. The predicted octanol–water partition coefficient (Wildman–Crippen LogP) is 2.66. The summed E-state index contributed by atoms with van der Waals surface area (Å²) < 4.78 is 5.81. The second kappa shape index (κ2) is 12.6. The number of carbonyl (C=O) groups excluding carboxylic acids is 1. The highest BCUT2D eigenvalue weighted by Crippen LogP contribution is 2.03. The Morgan fingerprint density at radius 1 is 1.00 bits per heavy atom. The first-order chi connectivity index (χ1) is 14.0. The van der Waals surface area contributed by atoms with Crippen molar-refractivity contribution in [1.29, 1.82) is 0 Å². The average molecular weight is 397 g/mol. The van der Waals surface area contributed by atoms with Crippen LogP contribution in [0.4, 0.5) is 0 Å². The van der Waals surface area contributed by atoms with E-state index in [0.717, 1.165) is 5.56 Å². The molecule has 1 atom stereocenters. The minimum Gasteiger partial charge on any atom is -0.376 e. The number of aliphatic imine (C=N–C) groups is 1. The van der Waals surface area contributed by atoms with Crippen LogP contribution in [0.1, 0.15) is 18.1 Å². The summed E-state index contributed by atoms with van der Waals surface area (Å²) in [5, 5.41) is 6.44. The Balaban J connectivity index is 1.82. The molecule has 2 aromatic carbocycles. The van der Waals surface area contributed by atoms with Gasteiger partial charge in [-0.2, -0.15) is 0 Å². The van der Waals surface area contributed by atoms with Gasteiger partial charge < -0.3 is 20.3 Å². The molecule has 6 heteroatoms. The summed E-state index contributed by atoms with van der Waals surface area (Å²) in [7, 11) is 3.48. The highest BCUT2D eigenvalue weighted by Gasteiger charge is 2.08. The van der Waals surface area contributed by atoms with Gasteiger partial charge >= 0.3 is 0 Å². The molecule has 0 heterocycles. The lowest BCUT2D eigenvalue weighted by atomic mass is 10.2. The molecule has 6 nitrogen and oxygen atoms in total. The fraction of sp³-hybridized carbons (Fsp3) is 0.391. The number of guanidine groups is 1. The van der Waals surface area contributed by atoms with E-state index >= 15 is 0 Å². The third kappa shape index (κ3) is 9.25. The number of hydrogen-bond acceptors (Lipinski definition) is 3. The Morgan fingerprint density at radius 3 is 2.24 bits per heavy atom. The molecule has 0 radical (unpaired) electrons. The first kappa shape index (κ1) is 22.4. The molecule has 0 spiro atoms. The molecule has 0 saturated heterocycles. The second-order valence-electron chi connectivity index (χ2n) is 7.28. The maximum Gasteiger partial charge on any atom is 0.241 e. The Bertz CT molecular complexity index is 748. The normalized spacial score (nSPS) is 12.3. The summed E-state index contributed by atoms with van der Waals surface area (Å²) in [6.45, 7) is 4.82. The van der Waals surface area contributed by atoms with E-state index in [2.05, 4.69) is 34.7 Å². The van der Waals surface area contributed by atoms with E-state index < -0.39 is 0 Å². The van der Waals surface area contributed by atoms with Crippen molar-refractivity contribution in [3.8, 4) is 0 Å². The van der Waals surface area contributed by atoms with E-state index in [4.69, 9.17) is 4.74 Å². The third-order valence-corrected chi connectivity index (χ3v) is 4.30. The first-order valence-corrected chi connectivity index (χ1v) is 9.92. The van der Waals surface area contributed by atoms with Crippen LogP contribution in [-0.2, 0) is 22.7 Å². The minimum absolute atomic E-state index is 0.00143. The van der Waals surface area contributed by atoms with Crippen molar-refractivity contribution in [3.05, 3.63) is 71.8 Å². The molecule has 29 heavy (non-hydrogen) atoms. The Hall–Kier alpha value is -2.86. The summed E-state index contributed by atoms with van der Waals surface area (Å²) in [6, 6.07) is 20.2. The minimum atomic E-state index is -0.00143. The monoisotopic (exact) mass is 396 g/mol. The molecule has 2 N–H and O–H groups in total. The van der Waals surface area contributed by atoms with E-state index in [-0.39, 0.29) is 12.5 Å². The Labute approximate surface area is 174 Å². The molecular weight excluding hydrogens is 364 g/mol. The van der Waals surface area contributed by atoms with Gasteiger partial charge in [0.1, 0.15) is 0 Å². The van der Waals surface area contributed by atoms with Gasteiger partial charge in [-0.05, 0) is 17.0 Å². The molecular formula is C23H32N4O2. The fourth-order valence-electron chi connectivity index (χ4n) is 2.53. The summed E-state index contributed by atoms with van der Waals surface area (Å²) in [6.07, 6.45) is 0. The molecule has 1 amide bonds. The van der Waals surface area contributed by atoms with Crippen LogP contribution in [0.25, 0.3) is 0 Å². The van der Waals surface area contributed by atoms with E-state index in [1.807, 2.05) is 48.5 Å². The molecule has 1 unspecified atom stereocenters. The number of nitrogens with zero attached hydrogens (tertiary/aromatic N) is 2. The van der Waals surface area contributed by atoms with Crippen LogP contribution in [-0.4, -0.2) is 50.6 Å². The first-order valence-electron chi connectivity index (χ1n) is 9.92. The summed E-state index contributed by atoms with van der Waals surface area (Å²) in [4.78, 5) is 18.1. The molecule has 2 aromatic rings. The van der Waals surface area contributed by atoms with Gasteiger partial charge in [0.25, 0.3) is 0 Å². The average Bonchev–Trinajstić information content (AvgIpc) is 2.74. The van der Waals surface area contributed by atoms with Gasteiger partial charge in [-0.1, -0.05) is 67.6 Å². The van der Waals surface area contributed by atoms with Crippen molar-refractivity contribution in [2.24, 2.45) is 10.9 Å². The summed E-state index contributed by atoms with van der Waals surface area (Å²) >= 11 is 0. The lowest BCUT2D eigenvalue weighted by Gasteiger charge is -2.18. The number of ether oxygens (including phenoxy) is 1. The predicted molar refractivity (Wildman–Crippen MR) is 118 cm³/mol. The van der Waals surface area contributed by atoms with E-state index in [1.165, 1.54) is 5.56 Å². The van der Waals surface area contributed by atoms with Crippen LogP contribution in [0.3, 0.4) is 0 Å². The highest BCUT2D eigenvalue weighted by atomic mass is 16.5. The van der Waals surface area contributed by atoms with Crippen molar-refractivity contribution >= 4 is 11.9 Å². The molecule has 0 fully saturated rings. The highest BCUT2D eigenvalue weighted by molar-refractivity contribution is 5.86. The zero-order valence-electron chi connectivity index (χ0n) is 17.6. The molecule has 0 aliphatic heterocycles. The molecule has 0 saturated carbocycles. The quantitative estimate of drug-likeness (QED) is 0.479. The lowest BCUT2D eigenvalue weighted by molar-refractivity contribution is -0.127. The number of amides is 1. The number of benzene rings is 2. The maximum absolute atomic E-state index is 11.9. The molecule has 0 aliphatic rings. The molecule has 2 rings (SSSR count). The lowest BCUT2D eigenvalue weighted by Crippen LogP contribution is -2.44. The van der Waals surface area contributed by atoms with Crippen LogP contribution in [0, 0.1) is 5.92 Å². The fourth-order valence-corrected chi connectivity index (χ4v) is 2.53. The van der Waals surface area contributed by atoms with Crippen LogP contribution in [0.15, 0.2) is 65.7 Å². The number of nitrogens with one attached hydrogen (secondary N) is 2. The standard InChI is InChI=1S/C23H32N4O2/c1-19(17-29-18-21-12-8-5-9-13-21)14-24-23(26-16-22(28)27(2)3)25-15-20-10-6-4-7-11-20/h4-13,19H,14-18H2,1-3H3,(H2,24,25,26).